The lowest BCUT2D eigenvalue weighted by Crippen LogP contribution is -2.25. The number of aryl methyl sites for hydroxylation is 1. The molecule has 0 aliphatic carbocycles. The number of carbonyl (C=O) groups is 1. The Bertz CT molecular complexity index is 781. The fourth-order valence-corrected chi connectivity index (χ4v) is 1.67. The van der Waals surface area contributed by atoms with Gasteiger partial charge in [0.2, 0.25) is 4.77 Å². The van der Waals surface area contributed by atoms with Crippen LogP contribution in [0.3, 0.4) is 0 Å². The quantitative estimate of drug-likeness (QED) is 0.617. The second-order valence-corrected chi connectivity index (χ2v) is 4.40. The number of aromatic amines is 1. The summed E-state index contributed by atoms with van der Waals surface area (Å²) in [5.41, 5.74) is 0.276. The third-order valence-corrected chi connectivity index (χ3v) is 2.79. The summed E-state index contributed by atoms with van der Waals surface area (Å²) in [6.45, 7) is 0. The van der Waals surface area contributed by atoms with E-state index in [4.69, 9.17) is 17.3 Å². The summed E-state index contributed by atoms with van der Waals surface area (Å²) >= 11 is 4.95. The lowest BCUT2D eigenvalue weighted by Gasteiger charge is -2.01. The predicted octanol–water partition coefficient (Wildman–Crippen LogP) is 0.595. The molecule has 21 heavy (non-hydrogen) atoms. The van der Waals surface area contributed by atoms with Crippen molar-refractivity contribution in [3.05, 3.63) is 50.9 Å². The number of carboxylic acids is 1. The Morgan fingerprint density at radius 1 is 1.48 bits per heavy atom. The summed E-state index contributed by atoms with van der Waals surface area (Å²) in [6.07, 6.45) is 4.45. The van der Waals surface area contributed by atoms with Gasteiger partial charge in [-0.05, 0) is 29.9 Å². The van der Waals surface area contributed by atoms with Crippen LogP contribution in [0.5, 0.6) is 0 Å². The van der Waals surface area contributed by atoms with Crippen molar-refractivity contribution in [2.75, 3.05) is 0 Å². The molecule has 0 fully saturated rings. The summed E-state index contributed by atoms with van der Waals surface area (Å²) < 4.78 is 1.00. The van der Waals surface area contributed by atoms with E-state index < -0.39 is 11.5 Å². The Morgan fingerprint density at radius 2 is 2.19 bits per heavy atom. The van der Waals surface area contributed by atoms with Crippen LogP contribution in [0.25, 0.3) is 0 Å². The van der Waals surface area contributed by atoms with E-state index in [1.54, 1.807) is 24.5 Å². The first kappa shape index (κ1) is 14.7. The second-order valence-electron chi connectivity index (χ2n) is 4.01. The molecule has 0 spiro atoms. The maximum atomic E-state index is 12.1. The molecule has 0 saturated carbocycles. The number of nitrogens with one attached hydrogen (secondary N) is 1. The van der Waals surface area contributed by atoms with Gasteiger partial charge in [-0.3, -0.25) is 19.7 Å². The third-order valence-electron chi connectivity index (χ3n) is 2.52. The van der Waals surface area contributed by atoms with Gasteiger partial charge in [-0.1, -0.05) is 0 Å². The number of H-pyrrole nitrogens is 1. The van der Waals surface area contributed by atoms with Crippen molar-refractivity contribution in [3.63, 3.8) is 0 Å². The summed E-state index contributed by atoms with van der Waals surface area (Å²) in [4.78, 5) is 26.5. The predicted molar refractivity (Wildman–Crippen MR) is 76.9 cm³/mol. The smallest absolute Gasteiger partial charge is 0.303 e. The highest BCUT2D eigenvalue weighted by Crippen LogP contribution is 1.95. The van der Waals surface area contributed by atoms with Gasteiger partial charge in [0.15, 0.2) is 0 Å². The van der Waals surface area contributed by atoms with Crippen LogP contribution >= 0.6 is 12.2 Å². The number of rotatable bonds is 5. The van der Waals surface area contributed by atoms with Crippen molar-refractivity contribution < 1.29 is 9.90 Å². The van der Waals surface area contributed by atoms with Crippen LogP contribution < -0.4 is 5.56 Å². The molecular weight excluding hydrogens is 294 g/mol. The van der Waals surface area contributed by atoms with Gasteiger partial charge in [0.25, 0.3) is 5.56 Å². The van der Waals surface area contributed by atoms with E-state index in [1.165, 1.54) is 6.21 Å². The van der Waals surface area contributed by atoms with Gasteiger partial charge in [0, 0.05) is 18.8 Å². The van der Waals surface area contributed by atoms with Crippen molar-refractivity contribution >= 4 is 24.4 Å². The topological polar surface area (TPSA) is 113 Å². The molecule has 108 valence electrons. The van der Waals surface area contributed by atoms with Crippen LogP contribution in [-0.2, 0) is 11.2 Å². The highest BCUT2D eigenvalue weighted by atomic mass is 32.1. The van der Waals surface area contributed by atoms with E-state index in [0.29, 0.717) is 0 Å². The maximum Gasteiger partial charge on any atom is 0.303 e. The lowest BCUT2D eigenvalue weighted by atomic mass is 10.2. The van der Waals surface area contributed by atoms with Crippen LogP contribution in [0.4, 0.5) is 0 Å². The van der Waals surface area contributed by atoms with E-state index in [9.17, 15) is 9.59 Å². The molecule has 0 aliphatic rings. The standard InChI is InChI=1S/C12H11N5O3S/c18-10(19)2-1-9-11(20)17(12(21)16-15-9)14-7-8-3-5-13-6-4-8/h3-7H,1-2H2,(H,16,21)(H,18,19)/b14-7-. The Labute approximate surface area is 123 Å². The fourth-order valence-electron chi connectivity index (χ4n) is 1.49. The first-order chi connectivity index (χ1) is 10.1. The average Bonchev–Trinajstić information content (AvgIpc) is 2.47. The van der Waals surface area contributed by atoms with Gasteiger partial charge in [0.1, 0.15) is 5.69 Å². The molecule has 2 heterocycles. The van der Waals surface area contributed by atoms with Crippen molar-refractivity contribution in [1.82, 2.24) is 19.9 Å². The number of carboxylic acid groups (broad SMARTS) is 1. The van der Waals surface area contributed by atoms with E-state index in [2.05, 4.69) is 20.3 Å². The fraction of sp³-hybridized carbons (Fsp3) is 0.167. The summed E-state index contributed by atoms with van der Waals surface area (Å²) in [5.74, 6) is -1.01. The Kier molecular flexibility index (Phi) is 4.67. The number of pyridine rings is 1. The van der Waals surface area contributed by atoms with E-state index in [0.717, 1.165) is 10.2 Å². The molecule has 2 aromatic rings. The number of hydrogen-bond donors (Lipinski definition) is 2. The monoisotopic (exact) mass is 305 g/mol. The molecule has 8 nitrogen and oxygen atoms in total. The Balaban J connectivity index is 2.33. The van der Waals surface area contributed by atoms with E-state index in [1.807, 2.05) is 0 Å². The van der Waals surface area contributed by atoms with Crippen LogP contribution in [0.15, 0.2) is 34.4 Å². The minimum absolute atomic E-state index is 0.00502. The number of nitrogens with zero attached hydrogens (tertiary/aromatic N) is 4. The molecule has 0 atom stereocenters. The van der Waals surface area contributed by atoms with Crippen LogP contribution in [0.1, 0.15) is 17.7 Å². The summed E-state index contributed by atoms with van der Waals surface area (Å²) in [7, 11) is 0. The van der Waals surface area contributed by atoms with Gasteiger partial charge in [-0.15, -0.1) is 0 Å². The highest BCUT2D eigenvalue weighted by molar-refractivity contribution is 7.71. The first-order valence-electron chi connectivity index (χ1n) is 5.94. The van der Waals surface area contributed by atoms with Crippen molar-refractivity contribution in [2.45, 2.75) is 12.8 Å². The molecule has 0 saturated heterocycles. The zero-order chi connectivity index (χ0) is 15.2. The van der Waals surface area contributed by atoms with Gasteiger partial charge < -0.3 is 5.11 Å². The van der Waals surface area contributed by atoms with Crippen LogP contribution in [0.2, 0.25) is 0 Å². The molecule has 0 unspecified atom stereocenters. The van der Waals surface area contributed by atoms with Gasteiger partial charge in [-0.25, -0.2) is 0 Å². The van der Waals surface area contributed by atoms with Gasteiger partial charge in [-0.2, -0.15) is 14.9 Å². The van der Waals surface area contributed by atoms with E-state index >= 15 is 0 Å². The molecule has 0 amide bonds. The van der Waals surface area contributed by atoms with E-state index in [-0.39, 0.29) is 23.3 Å². The number of aliphatic carboxylic acids is 1. The van der Waals surface area contributed by atoms with Crippen LogP contribution in [-0.4, -0.2) is 37.1 Å². The van der Waals surface area contributed by atoms with Crippen molar-refractivity contribution in [3.8, 4) is 0 Å². The normalized spacial score (nSPS) is 10.9. The maximum absolute atomic E-state index is 12.1. The van der Waals surface area contributed by atoms with Crippen molar-refractivity contribution in [1.29, 1.82) is 0 Å². The summed E-state index contributed by atoms with van der Waals surface area (Å²) in [6, 6.07) is 3.43. The Morgan fingerprint density at radius 3 is 2.86 bits per heavy atom. The molecule has 0 bridgehead atoms. The average molecular weight is 305 g/mol. The minimum Gasteiger partial charge on any atom is -0.481 e. The highest BCUT2D eigenvalue weighted by Gasteiger charge is 2.08. The third kappa shape index (κ3) is 3.89. The first-order valence-corrected chi connectivity index (χ1v) is 6.35. The molecule has 2 N–H and O–H groups in total. The van der Waals surface area contributed by atoms with Crippen LogP contribution in [0, 0.1) is 4.77 Å². The van der Waals surface area contributed by atoms with Gasteiger partial charge in [0.05, 0.1) is 12.6 Å². The minimum atomic E-state index is -1.01. The molecule has 2 aromatic heterocycles. The van der Waals surface area contributed by atoms with Crippen molar-refractivity contribution in [2.24, 2.45) is 5.10 Å². The summed E-state index contributed by atoms with van der Waals surface area (Å²) in [5, 5.41) is 18.9. The largest absolute Gasteiger partial charge is 0.481 e. The number of hydrogen-bond acceptors (Lipinski definition) is 6. The SMILES string of the molecule is O=C(O)CCc1n[nH]c(=S)n(/N=C\c2ccncc2)c1=O. The molecule has 0 radical (unpaired) electrons. The molecule has 9 heteroatoms. The van der Waals surface area contributed by atoms with Gasteiger partial charge >= 0.3 is 5.97 Å². The molecule has 0 aliphatic heterocycles. The molecule has 0 aromatic carbocycles. The second kappa shape index (κ2) is 6.66. The Hall–Kier alpha value is -2.68. The zero-order valence-electron chi connectivity index (χ0n) is 10.8. The molecular formula is C12H11N5O3S. The number of aromatic nitrogens is 4. The zero-order valence-corrected chi connectivity index (χ0v) is 11.6. The lowest BCUT2D eigenvalue weighted by molar-refractivity contribution is -0.136. The molecule has 2 rings (SSSR count).